The van der Waals surface area contributed by atoms with Gasteiger partial charge in [0.25, 0.3) is 0 Å². The van der Waals surface area contributed by atoms with E-state index in [2.05, 4.69) is 28.2 Å². The molecule has 4 nitrogen and oxygen atoms in total. The smallest absolute Gasteiger partial charge is 0.138 e. The van der Waals surface area contributed by atoms with E-state index in [4.69, 9.17) is 8.53 Å². The van der Waals surface area contributed by atoms with Gasteiger partial charge in [0.2, 0.25) is 0 Å². The Balaban J connectivity index is 0.000000213. The SMILES string of the molecule is Cc1ccc(-c2[c-]cccc2)nc1.[2H]C([2H])([2H])c1ccc2c(oc3c(-c4ccccn4)[c-]ccc32)c1C#N.[Ir]. The van der Waals surface area contributed by atoms with Crippen molar-refractivity contribution < 1.29 is 28.6 Å². The third kappa shape index (κ3) is 4.97. The summed E-state index contributed by atoms with van der Waals surface area (Å²) in [7, 11) is 0. The Morgan fingerprint density at radius 1 is 0.861 bits per heavy atom. The maximum Gasteiger partial charge on any atom is 0.138 e. The van der Waals surface area contributed by atoms with Crippen LogP contribution >= 0.6 is 0 Å². The molecule has 5 heteroatoms. The predicted octanol–water partition coefficient (Wildman–Crippen LogP) is 7.48. The molecule has 0 bridgehead atoms. The average Bonchev–Trinajstić information content (AvgIpc) is 3.33. The molecule has 0 saturated carbocycles. The molecule has 0 aliphatic carbocycles. The van der Waals surface area contributed by atoms with Gasteiger partial charge in [-0.15, -0.1) is 54.1 Å². The zero-order valence-corrected chi connectivity index (χ0v) is 21.6. The molecular weight excluding hydrogens is 623 g/mol. The molecule has 3 aromatic carbocycles. The number of furan rings is 1. The number of aromatic nitrogens is 2. The van der Waals surface area contributed by atoms with Gasteiger partial charge in [-0.1, -0.05) is 47.3 Å². The summed E-state index contributed by atoms with van der Waals surface area (Å²) in [4.78, 5) is 8.64. The summed E-state index contributed by atoms with van der Waals surface area (Å²) in [6, 6.07) is 32.5. The number of rotatable bonds is 2. The molecule has 3 aromatic heterocycles. The molecule has 0 aliphatic heterocycles. The largest absolute Gasteiger partial charge is 0.499 e. The molecule has 0 N–H and O–H groups in total. The van der Waals surface area contributed by atoms with Gasteiger partial charge in [0, 0.05) is 42.0 Å². The summed E-state index contributed by atoms with van der Waals surface area (Å²) >= 11 is 0. The van der Waals surface area contributed by atoms with Crippen molar-refractivity contribution >= 4 is 21.9 Å². The summed E-state index contributed by atoms with van der Waals surface area (Å²) in [5.74, 6) is 0. The van der Waals surface area contributed by atoms with Crippen LogP contribution in [0.2, 0.25) is 0 Å². The molecule has 177 valence electrons. The molecule has 0 saturated heterocycles. The number of hydrogen-bond acceptors (Lipinski definition) is 4. The van der Waals surface area contributed by atoms with Crippen LogP contribution in [0.1, 0.15) is 20.8 Å². The number of benzene rings is 3. The maximum absolute atomic E-state index is 9.51. The number of nitrogens with zero attached hydrogens (tertiary/aromatic N) is 3. The Morgan fingerprint density at radius 2 is 1.72 bits per heavy atom. The Bertz CT molecular complexity index is 1760. The van der Waals surface area contributed by atoms with E-state index < -0.39 is 6.85 Å². The zero-order chi connectivity index (χ0) is 26.7. The number of pyridine rings is 2. The second-order valence-electron chi connectivity index (χ2n) is 7.89. The standard InChI is InChI=1S/C19H11N2O.C12H10N.Ir/c1-12-8-9-14-13-5-4-6-15(17-7-2-3-10-21-17)18(13)22-19(14)16(12)11-20;1-10-7-8-12(13-9-10)11-5-3-2-4-6-11;/h2-5,7-10H,1H3;2-5,7-9H,1H3;/q2*-1;/i1D3;;. The minimum atomic E-state index is -2.38. The first-order valence-corrected chi connectivity index (χ1v) is 11.0. The summed E-state index contributed by atoms with van der Waals surface area (Å²) in [5.41, 5.74) is 5.42. The Morgan fingerprint density at radius 3 is 2.42 bits per heavy atom. The molecule has 6 rings (SSSR count). The first-order valence-electron chi connectivity index (χ1n) is 12.5. The first kappa shape index (κ1) is 21.2. The summed E-state index contributed by atoms with van der Waals surface area (Å²) in [6.07, 6.45) is 3.55. The van der Waals surface area contributed by atoms with Gasteiger partial charge >= 0.3 is 0 Å². The van der Waals surface area contributed by atoms with Crippen LogP contribution in [0.15, 0.2) is 95.7 Å². The van der Waals surface area contributed by atoms with Gasteiger partial charge in [-0.25, -0.2) is 0 Å². The van der Waals surface area contributed by atoms with Crippen LogP contribution in [0.25, 0.3) is 44.5 Å². The molecule has 0 spiro atoms. The van der Waals surface area contributed by atoms with E-state index >= 15 is 0 Å². The van der Waals surface area contributed by atoms with Crippen LogP contribution < -0.4 is 0 Å². The fourth-order valence-electron chi connectivity index (χ4n) is 3.80. The minimum Gasteiger partial charge on any atom is -0.499 e. The number of aryl methyl sites for hydroxylation is 2. The van der Waals surface area contributed by atoms with E-state index in [1.165, 1.54) is 11.6 Å². The van der Waals surface area contributed by atoms with E-state index in [-0.39, 0.29) is 36.8 Å². The van der Waals surface area contributed by atoms with Gasteiger partial charge in [0.05, 0.1) is 11.1 Å². The first-order chi connectivity index (χ1) is 18.4. The molecule has 0 unspecified atom stereocenters. The fraction of sp³-hybridized carbons (Fsp3) is 0.0645. The molecule has 0 amide bonds. The second kappa shape index (κ2) is 11.1. The number of fused-ring (bicyclic) bond motifs is 3. The van der Waals surface area contributed by atoms with Gasteiger partial charge in [-0.2, -0.15) is 5.26 Å². The van der Waals surface area contributed by atoms with Crippen molar-refractivity contribution in [1.29, 1.82) is 5.26 Å². The van der Waals surface area contributed by atoms with Crippen molar-refractivity contribution in [1.82, 2.24) is 9.97 Å². The molecular formula is C31H21IrN3O-2. The zero-order valence-electron chi connectivity index (χ0n) is 22.2. The van der Waals surface area contributed by atoms with Crippen LogP contribution in [-0.4, -0.2) is 9.97 Å². The minimum absolute atomic E-state index is 0. The van der Waals surface area contributed by atoms with Crippen LogP contribution in [0.3, 0.4) is 0 Å². The monoisotopic (exact) mass is 647 g/mol. The van der Waals surface area contributed by atoms with E-state index in [1.807, 2.05) is 73.8 Å². The van der Waals surface area contributed by atoms with Crippen LogP contribution in [0.5, 0.6) is 0 Å². The van der Waals surface area contributed by atoms with Gasteiger partial charge < -0.3 is 14.4 Å². The van der Waals surface area contributed by atoms with Gasteiger partial charge in [-0.3, -0.25) is 0 Å². The van der Waals surface area contributed by atoms with E-state index in [1.54, 1.807) is 18.3 Å². The van der Waals surface area contributed by atoms with E-state index in [0.29, 0.717) is 22.2 Å². The second-order valence-corrected chi connectivity index (χ2v) is 7.89. The molecule has 1 radical (unpaired) electrons. The molecule has 6 aromatic rings. The predicted molar refractivity (Wildman–Crippen MR) is 138 cm³/mol. The molecule has 0 atom stereocenters. The van der Waals surface area contributed by atoms with Crippen molar-refractivity contribution in [3.05, 3.63) is 120 Å². The normalized spacial score (nSPS) is 11.8. The van der Waals surface area contributed by atoms with Crippen LogP contribution in [0, 0.1) is 37.2 Å². The summed E-state index contributed by atoms with van der Waals surface area (Å²) < 4.78 is 28.8. The Hall–Kier alpha value is -4.10. The molecule has 3 heterocycles. The van der Waals surface area contributed by atoms with Gasteiger partial charge in [0.15, 0.2) is 0 Å². The molecule has 0 fully saturated rings. The third-order valence-electron chi connectivity index (χ3n) is 5.53. The average molecular weight is 647 g/mol. The van der Waals surface area contributed by atoms with Crippen LogP contribution in [-0.2, 0) is 20.1 Å². The molecule has 36 heavy (non-hydrogen) atoms. The molecule has 0 aliphatic rings. The number of hydrogen-bond donors (Lipinski definition) is 0. The topological polar surface area (TPSA) is 62.7 Å². The van der Waals surface area contributed by atoms with Crippen molar-refractivity contribution in [2.75, 3.05) is 0 Å². The van der Waals surface area contributed by atoms with Gasteiger partial charge in [-0.05, 0) is 42.4 Å². The van der Waals surface area contributed by atoms with Crippen LogP contribution in [0.4, 0.5) is 0 Å². The Labute approximate surface area is 227 Å². The van der Waals surface area contributed by atoms with Crippen molar-refractivity contribution in [2.24, 2.45) is 0 Å². The van der Waals surface area contributed by atoms with Crippen molar-refractivity contribution in [3.8, 4) is 28.6 Å². The third-order valence-corrected chi connectivity index (χ3v) is 5.53. The Kier molecular flexibility index (Phi) is 6.53. The number of nitriles is 1. The van der Waals surface area contributed by atoms with Gasteiger partial charge in [0.1, 0.15) is 11.7 Å². The quantitative estimate of drug-likeness (QED) is 0.183. The fourth-order valence-corrected chi connectivity index (χ4v) is 3.80. The van der Waals surface area contributed by atoms with Crippen molar-refractivity contribution in [3.63, 3.8) is 0 Å². The van der Waals surface area contributed by atoms with E-state index in [9.17, 15) is 5.26 Å². The maximum atomic E-state index is 9.51. The summed E-state index contributed by atoms with van der Waals surface area (Å²) in [5, 5.41) is 11.0. The summed E-state index contributed by atoms with van der Waals surface area (Å²) in [6.45, 7) is -0.348. The van der Waals surface area contributed by atoms with E-state index in [0.717, 1.165) is 16.6 Å². The van der Waals surface area contributed by atoms with Crippen molar-refractivity contribution in [2.45, 2.75) is 13.8 Å².